The van der Waals surface area contributed by atoms with Crippen LogP contribution in [0, 0.1) is 12.3 Å². The molecule has 4 N–H and O–H groups in total. The molecule has 0 radical (unpaired) electrons. The Morgan fingerprint density at radius 2 is 1.43 bits per heavy atom. The van der Waals surface area contributed by atoms with Crippen LogP contribution in [0.4, 0.5) is 4.79 Å². The van der Waals surface area contributed by atoms with Gasteiger partial charge in [-0.15, -0.1) is 11.3 Å². The van der Waals surface area contributed by atoms with Crippen molar-refractivity contribution in [2.75, 3.05) is 79.2 Å². The van der Waals surface area contributed by atoms with E-state index in [1.54, 1.807) is 32.1 Å². The summed E-state index contributed by atoms with van der Waals surface area (Å²) in [6.07, 6.45) is -1.25. The number of amides is 4. The molecule has 0 unspecified atom stereocenters. The van der Waals surface area contributed by atoms with Gasteiger partial charge in [-0.25, -0.2) is 9.78 Å². The zero-order valence-electron chi connectivity index (χ0n) is 33.9. The minimum Gasteiger partial charge on any atom is -0.444 e. The van der Waals surface area contributed by atoms with Crippen molar-refractivity contribution in [3.05, 3.63) is 41.0 Å². The minimum atomic E-state index is -0.958. The number of alkyl carbamates (subject to hydrolysis) is 1. The first-order valence-electron chi connectivity index (χ1n) is 19.0. The molecule has 0 saturated carbocycles. The second-order valence-electron chi connectivity index (χ2n) is 15.4. The van der Waals surface area contributed by atoms with Crippen molar-refractivity contribution in [1.82, 2.24) is 25.8 Å². The van der Waals surface area contributed by atoms with Gasteiger partial charge >= 0.3 is 6.09 Å². The number of β-amino-alcohol motifs (C(OH)–C–C–N with tert-alkyl or cyclic N) is 1. The maximum atomic E-state index is 13.8. The number of aliphatic hydroxyl groups is 1. The molecule has 17 heteroatoms. The van der Waals surface area contributed by atoms with Crippen LogP contribution in [0.25, 0.3) is 10.4 Å². The molecule has 1 aliphatic rings. The number of thiazole rings is 1. The Hall–Kier alpha value is -3.71. The van der Waals surface area contributed by atoms with Gasteiger partial charge in [0.2, 0.25) is 17.7 Å². The van der Waals surface area contributed by atoms with Crippen molar-refractivity contribution in [3.63, 3.8) is 0 Å². The number of benzene rings is 1. The molecule has 1 saturated heterocycles. The number of carbonyl (C=O) groups excluding carboxylic acids is 4. The van der Waals surface area contributed by atoms with Crippen LogP contribution < -0.4 is 16.0 Å². The van der Waals surface area contributed by atoms with E-state index in [1.807, 2.05) is 57.5 Å². The van der Waals surface area contributed by atoms with Crippen molar-refractivity contribution in [3.8, 4) is 10.4 Å². The summed E-state index contributed by atoms with van der Waals surface area (Å²) in [4.78, 5) is 58.3. The lowest BCUT2D eigenvalue weighted by Crippen LogP contribution is -2.58. The van der Waals surface area contributed by atoms with Crippen LogP contribution in [0.2, 0.25) is 0 Å². The third kappa shape index (κ3) is 17.2. The predicted octanol–water partition coefficient (Wildman–Crippen LogP) is 2.84. The van der Waals surface area contributed by atoms with Gasteiger partial charge in [0.1, 0.15) is 24.3 Å². The molecule has 314 valence electrons. The van der Waals surface area contributed by atoms with E-state index >= 15 is 0 Å². The standard InChI is InChI=1S/C39H61N5O11S/c1-27-33(56-26-42-27)29-10-8-28(9-11-29)23-41-35(47)31-22-30(45)24-44(31)36(48)34(38(2,3)4)43-32(46)25-54-21-20-53-19-18-52-17-16-51-15-14-50-13-12-40-37(49)55-39(5,6)7/h8-11,26,30-31,34,45H,12-25H2,1-7H3,(H,40,49)(H,41,47)(H,43,46)/t30-,31+,34-/m1/s1. The molecule has 1 aliphatic heterocycles. The number of aryl methyl sites for hydroxylation is 1. The van der Waals surface area contributed by atoms with Crippen LogP contribution in [0.3, 0.4) is 0 Å². The zero-order valence-corrected chi connectivity index (χ0v) is 34.7. The third-order valence-corrected chi connectivity index (χ3v) is 9.32. The highest BCUT2D eigenvalue weighted by Crippen LogP contribution is 2.28. The summed E-state index contributed by atoms with van der Waals surface area (Å²) in [5.74, 6) is -1.30. The first kappa shape index (κ1) is 46.7. The molecule has 0 bridgehead atoms. The second kappa shape index (κ2) is 23.5. The average molecular weight is 808 g/mol. The highest BCUT2D eigenvalue weighted by atomic mass is 32.1. The number of hydrogen-bond donors (Lipinski definition) is 4. The molecule has 3 atom stereocenters. The van der Waals surface area contributed by atoms with Gasteiger partial charge in [-0.3, -0.25) is 14.4 Å². The van der Waals surface area contributed by atoms with Crippen molar-refractivity contribution in [2.45, 2.75) is 85.2 Å². The van der Waals surface area contributed by atoms with Gasteiger partial charge in [0.25, 0.3) is 0 Å². The summed E-state index contributed by atoms with van der Waals surface area (Å²) in [5.41, 5.74) is 3.48. The fourth-order valence-corrected chi connectivity index (χ4v) is 6.38. The summed E-state index contributed by atoms with van der Waals surface area (Å²) >= 11 is 1.57. The number of nitrogens with one attached hydrogen (secondary N) is 3. The van der Waals surface area contributed by atoms with Crippen LogP contribution >= 0.6 is 11.3 Å². The van der Waals surface area contributed by atoms with Gasteiger partial charge in [-0.1, -0.05) is 45.0 Å². The van der Waals surface area contributed by atoms with E-state index in [1.165, 1.54) is 4.90 Å². The number of aromatic nitrogens is 1. The van der Waals surface area contributed by atoms with Crippen molar-refractivity contribution >= 4 is 35.2 Å². The van der Waals surface area contributed by atoms with Crippen LogP contribution in [0.1, 0.15) is 59.2 Å². The number of carbonyl (C=O) groups is 4. The van der Waals surface area contributed by atoms with E-state index < -0.39 is 47.1 Å². The zero-order chi connectivity index (χ0) is 41.1. The smallest absolute Gasteiger partial charge is 0.407 e. The number of nitrogens with zero attached hydrogens (tertiary/aromatic N) is 2. The maximum absolute atomic E-state index is 13.8. The lowest BCUT2D eigenvalue weighted by atomic mass is 9.85. The number of aliphatic hydroxyl groups excluding tert-OH is 1. The number of hydrogen-bond acceptors (Lipinski definition) is 13. The van der Waals surface area contributed by atoms with Gasteiger partial charge < -0.3 is 54.4 Å². The quantitative estimate of drug-likeness (QED) is 0.120. The molecule has 4 amide bonds. The Morgan fingerprint density at radius 1 is 0.857 bits per heavy atom. The highest BCUT2D eigenvalue weighted by Gasteiger charge is 2.44. The van der Waals surface area contributed by atoms with Crippen molar-refractivity contribution in [2.24, 2.45) is 5.41 Å². The molecule has 1 fully saturated rings. The Bertz CT molecular complexity index is 1510. The van der Waals surface area contributed by atoms with E-state index in [0.717, 1.165) is 21.7 Å². The number of likely N-dealkylation sites (tertiary alicyclic amines) is 1. The van der Waals surface area contributed by atoms with Crippen molar-refractivity contribution < 1.29 is 52.7 Å². The summed E-state index contributed by atoms with van der Waals surface area (Å²) in [6, 6.07) is 6.01. The molecule has 0 aliphatic carbocycles. The molecule has 1 aromatic carbocycles. The fourth-order valence-electron chi connectivity index (χ4n) is 5.57. The third-order valence-electron chi connectivity index (χ3n) is 8.35. The molecule has 0 spiro atoms. The summed E-state index contributed by atoms with van der Waals surface area (Å²) in [5, 5.41) is 18.8. The molecule has 16 nitrogen and oxygen atoms in total. The Balaban J connectivity index is 1.27. The summed E-state index contributed by atoms with van der Waals surface area (Å²) in [7, 11) is 0. The second-order valence-corrected chi connectivity index (χ2v) is 16.2. The normalized spacial score (nSPS) is 16.4. The van der Waals surface area contributed by atoms with Gasteiger partial charge in [-0.05, 0) is 44.2 Å². The lowest BCUT2D eigenvalue weighted by molar-refractivity contribution is -0.144. The van der Waals surface area contributed by atoms with Crippen LogP contribution in [-0.2, 0) is 49.3 Å². The molecular formula is C39H61N5O11S. The summed E-state index contributed by atoms with van der Waals surface area (Å²) < 4.78 is 32.4. The van der Waals surface area contributed by atoms with Crippen molar-refractivity contribution in [1.29, 1.82) is 0 Å². The highest BCUT2D eigenvalue weighted by molar-refractivity contribution is 7.13. The van der Waals surface area contributed by atoms with E-state index in [9.17, 15) is 24.3 Å². The Morgan fingerprint density at radius 3 is 1.96 bits per heavy atom. The van der Waals surface area contributed by atoms with Crippen LogP contribution in [-0.4, -0.2) is 142 Å². The SMILES string of the molecule is Cc1ncsc1-c1ccc(CNC(=O)[C@@H]2C[C@@H](O)CN2C(=O)[C@@H](NC(=O)COCCOCCOCCOCCOCCNC(=O)OC(C)(C)C)C(C)(C)C)cc1. The molecule has 3 rings (SSSR count). The monoisotopic (exact) mass is 807 g/mol. The molecule has 56 heavy (non-hydrogen) atoms. The topological polar surface area (TPSA) is 196 Å². The summed E-state index contributed by atoms with van der Waals surface area (Å²) in [6.45, 7) is 16.1. The maximum Gasteiger partial charge on any atom is 0.407 e. The molecule has 2 aromatic rings. The number of ether oxygens (including phenoxy) is 6. The van der Waals surface area contributed by atoms with Gasteiger partial charge in [0.05, 0.1) is 81.6 Å². The Kier molecular flexibility index (Phi) is 19.6. The van der Waals surface area contributed by atoms with Crippen LogP contribution in [0.5, 0.6) is 0 Å². The molecule has 1 aromatic heterocycles. The van der Waals surface area contributed by atoms with Gasteiger partial charge in [0, 0.05) is 26.1 Å². The van der Waals surface area contributed by atoms with Crippen LogP contribution in [0.15, 0.2) is 29.8 Å². The minimum absolute atomic E-state index is 0.0141. The van der Waals surface area contributed by atoms with Gasteiger partial charge in [-0.2, -0.15) is 0 Å². The average Bonchev–Trinajstić information content (AvgIpc) is 3.74. The number of rotatable bonds is 23. The Labute approximate surface area is 334 Å². The van der Waals surface area contributed by atoms with E-state index in [-0.39, 0.29) is 45.2 Å². The van der Waals surface area contributed by atoms with E-state index in [0.29, 0.717) is 52.8 Å². The molecular weight excluding hydrogens is 747 g/mol. The van der Waals surface area contributed by atoms with E-state index in [4.69, 9.17) is 28.4 Å². The first-order chi connectivity index (χ1) is 26.5. The first-order valence-corrected chi connectivity index (χ1v) is 19.8. The molecule has 2 heterocycles. The van der Waals surface area contributed by atoms with Gasteiger partial charge in [0.15, 0.2) is 0 Å². The fraction of sp³-hybridized carbons (Fsp3) is 0.667. The predicted molar refractivity (Wildman–Crippen MR) is 210 cm³/mol. The largest absolute Gasteiger partial charge is 0.444 e. The van der Waals surface area contributed by atoms with E-state index in [2.05, 4.69) is 20.9 Å². The lowest BCUT2D eigenvalue weighted by Gasteiger charge is -2.35.